The summed E-state index contributed by atoms with van der Waals surface area (Å²) < 4.78 is 38.4. The summed E-state index contributed by atoms with van der Waals surface area (Å²) in [4.78, 5) is 55.6. The number of benzene rings is 3. The van der Waals surface area contributed by atoms with Crippen molar-refractivity contribution >= 4 is 51.0 Å². The van der Waals surface area contributed by atoms with Gasteiger partial charge in [0.15, 0.2) is 0 Å². The van der Waals surface area contributed by atoms with Crippen LogP contribution in [-0.2, 0) is 16.6 Å². The van der Waals surface area contributed by atoms with E-state index in [-0.39, 0.29) is 29.6 Å². The van der Waals surface area contributed by atoms with Gasteiger partial charge in [0, 0.05) is 62.9 Å². The fourth-order valence-electron chi connectivity index (χ4n) is 8.99. The summed E-state index contributed by atoms with van der Waals surface area (Å²) in [7, 11) is 5.47. The maximum atomic E-state index is 14.3. The number of nitrogens with one attached hydrogen (secondary N) is 2. The zero-order valence-electron chi connectivity index (χ0n) is 31.8. The number of imide groups is 1. The molecular weight excluding hydrogens is 722 g/mol. The standard InChI is InChI=1S/C41H46F2N8O5/c1-47(27-15-17-49(18-16-27)33-5-4-6-34-38(33)48(2)41(55)51(34)35-13-14-37(52)45-40(35)54)22-24-7-10-28(11-8-24)50-23-25-19-32(36(56-3)21-31(25)46-50)44-39(53)29-12-9-26(42)20-30(29)43/h4-6,9,12,19-21,23-24,27-28,35H,7-8,10-11,13-18,22H2,1-3H3,(H,44,53)(H,45,52,54)/t24-,28-,35?. The van der Waals surface area contributed by atoms with Crippen LogP contribution in [0.15, 0.2) is 59.5 Å². The summed E-state index contributed by atoms with van der Waals surface area (Å²) in [5.74, 6) is -2.17. The molecule has 2 aromatic heterocycles. The van der Waals surface area contributed by atoms with Gasteiger partial charge in [0.1, 0.15) is 23.4 Å². The molecule has 4 heterocycles. The van der Waals surface area contributed by atoms with E-state index in [0.29, 0.717) is 41.4 Å². The highest BCUT2D eigenvalue weighted by Gasteiger charge is 2.33. The average molecular weight is 769 g/mol. The fraction of sp³-hybridized carbons (Fsp3) is 0.439. The number of imidazole rings is 1. The maximum absolute atomic E-state index is 14.3. The number of anilines is 2. The number of piperidine rings is 2. The van der Waals surface area contributed by atoms with Crippen molar-refractivity contribution in [3.63, 3.8) is 0 Å². The third-order valence-corrected chi connectivity index (χ3v) is 12.0. The van der Waals surface area contributed by atoms with E-state index in [4.69, 9.17) is 9.84 Å². The lowest BCUT2D eigenvalue weighted by molar-refractivity contribution is -0.135. The van der Waals surface area contributed by atoms with Crippen LogP contribution in [0.1, 0.15) is 73.8 Å². The highest BCUT2D eigenvalue weighted by Crippen LogP contribution is 2.37. The summed E-state index contributed by atoms with van der Waals surface area (Å²) in [6.45, 7) is 2.72. The van der Waals surface area contributed by atoms with Gasteiger partial charge < -0.3 is 19.9 Å². The molecule has 3 aromatic carbocycles. The molecular formula is C41H46F2N8O5. The van der Waals surface area contributed by atoms with E-state index >= 15 is 0 Å². The van der Waals surface area contributed by atoms with Crippen LogP contribution in [0.4, 0.5) is 20.2 Å². The minimum atomic E-state index is -0.941. The molecule has 2 aliphatic heterocycles. The molecule has 5 aromatic rings. The van der Waals surface area contributed by atoms with Gasteiger partial charge in [-0.1, -0.05) is 6.07 Å². The largest absolute Gasteiger partial charge is 0.494 e. The molecule has 8 rings (SSSR count). The summed E-state index contributed by atoms with van der Waals surface area (Å²) in [5, 5.41) is 10.8. The summed E-state index contributed by atoms with van der Waals surface area (Å²) in [6, 6.07) is 12.2. The van der Waals surface area contributed by atoms with E-state index in [2.05, 4.69) is 27.5 Å². The third kappa shape index (κ3) is 7.04. The van der Waals surface area contributed by atoms with Crippen molar-refractivity contribution < 1.29 is 27.9 Å². The zero-order chi connectivity index (χ0) is 39.2. The molecule has 13 nitrogen and oxygen atoms in total. The first-order valence-electron chi connectivity index (χ1n) is 19.3. The van der Waals surface area contributed by atoms with Crippen LogP contribution in [0.3, 0.4) is 0 Å². The Hall–Kier alpha value is -5.57. The molecule has 1 aliphatic carbocycles. The number of aromatic nitrogens is 4. The molecule has 3 amide bonds. The smallest absolute Gasteiger partial charge is 0.329 e. The molecule has 3 aliphatic rings. The minimum Gasteiger partial charge on any atom is -0.494 e. The molecule has 2 N–H and O–H groups in total. The number of hydrogen-bond acceptors (Lipinski definition) is 8. The molecule has 15 heteroatoms. The number of halogens is 2. The van der Waals surface area contributed by atoms with Gasteiger partial charge in [-0.3, -0.25) is 33.5 Å². The number of rotatable bonds is 9. The SMILES string of the molecule is COc1cc2nn([C@H]3CC[C@H](CN(C)C4CCN(c5cccc6c5n(C)c(=O)n6C5CCC(=O)NC5=O)CC4)CC3)cc2cc1NC(=O)c1ccc(F)cc1F. The first kappa shape index (κ1) is 37.4. The number of ether oxygens (including phenoxy) is 1. The second kappa shape index (κ2) is 15.2. The Balaban J connectivity index is 0.868. The zero-order valence-corrected chi connectivity index (χ0v) is 31.8. The highest BCUT2D eigenvalue weighted by atomic mass is 19.1. The fourth-order valence-corrected chi connectivity index (χ4v) is 8.99. The number of hydrogen-bond donors (Lipinski definition) is 2. The number of carbonyl (C=O) groups excluding carboxylic acids is 3. The highest BCUT2D eigenvalue weighted by molar-refractivity contribution is 6.06. The van der Waals surface area contributed by atoms with Crippen molar-refractivity contribution in [3.05, 3.63) is 82.4 Å². The van der Waals surface area contributed by atoms with Crippen molar-refractivity contribution in [1.82, 2.24) is 29.1 Å². The molecule has 1 unspecified atom stereocenters. The van der Waals surface area contributed by atoms with E-state index in [9.17, 15) is 28.0 Å². The molecule has 2 saturated heterocycles. The van der Waals surface area contributed by atoms with Crippen LogP contribution in [-0.4, -0.2) is 81.4 Å². The molecule has 0 bridgehead atoms. The summed E-state index contributed by atoms with van der Waals surface area (Å²) in [5.41, 5.74) is 3.07. The van der Waals surface area contributed by atoms with Gasteiger partial charge in [0.25, 0.3) is 5.91 Å². The molecule has 294 valence electrons. The minimum absolute atomic E-state index is 0.205. The predicted molar refractivity (Wildman–Crippen MR) is 208 cm³/mol. The van der Waals surface area contributed by atoms with Gasteiger partial charge in [-0.2, -0.15) is 5.10 Å². The van der Waals surface area contributed by atoms with E-state index in [0.717, 1.165) is 92.4 Å². The summed E-state index contributed by atoms with van der Waals surface area (Å²) >= 11 is 0. The Kier molecular flexibility index (Phi) is 10.1. The third-order valence-electron chi connectivity index (χ3n) is 12.0. The lowest BCUT2D eigenvalue weighted by Crippen LogP contribution is -2.45. The van der Waals surface area contributed by atoms with Crippen LogP contribution in [0, 0.1) is 17.6 Å². The van der Waals surface area contributed by atoms with Gasteiger partial charge in [-0.15, -0.1) is 0 Å². The molecule has 1 saturated carbocycles. The van der Waals surface area contributed by atoms with Crippen molar-refractivity contribution in [2.75, 3.05) is 44.0 Å². The number of carbonyl (C=O) groups is 3. The van der Waals surface area contributed by atoms with Crippen LogP contribution < -0.4 is 26.0 Å². The maximum Gasteiger partial charge on any atom is 0.329 e. The van der Waals surface area contributed by atoms with Gasteiger partial charge >= 0.3 is 5.69 Å². The lowest BCUT2D eigenvalue weighted by atomic mass is 9.85. The monoisotopic (exact) mass is 768 g/mol. The molecule has 3 fully saturated rings. The van der Waals surface area contributed by atoms with Crippen LogP contribution in [0.25, 0.3) is 21.9 Å². The number of fused-ring (bicyclic) bond motifs is 2. The predicted octanol–water partition coefficient (Wildman–Crippen LogP) is 5.54. The van der Waals surface area contributed by atoms with Gasteiger partial charge in [0.2, 0.25) is 11.8 Å². The van der Waals surface area contributed by atoms with Crippen molar-refractivity contribution in [1.29, 1.82) is 0 Å². The second-order valence-corrected chi connectivity index (χ2v) is 15.5. The number of para-hydroxylation sites is 1. The Morgan fingerprint density at radius 1 is 1.00 bits per heavy atom. The lowest BCUT2D eigenvalue weighted by Gasteiger charge is -2.40. The van der Waals surface area contributed by atoms with Crippen molar-refractivity contribution in [2.45, 2.75) is 69.5 Å². The topological polar surface area (TPSA) is 136 Å². The number of methoxy groups -OCH3 is 1. The second-order valence-electron chi connectivity index (χ2n) is 15.5. The normalized spacial score (nSPS) is 20.9. The van der Waals surface area contributed by atoms with E-state index in [1.807, 2.05) is 29.1 Å². The van der Waals surface area contributed by atoms with Crippen LogP contribution >= 0.6 is 0 Å². The first-order valence-corrected chi connectivity index (χ1v) is 19.3. The number of nitrogens with zero attached hydrogens (tertiary/aromatic N) is 6. The Morgan fingerprint density at radius 2 is 1.77 bits per heavy atom. The molecule has 56 heavy (non-hydrogen) atoms. The molecule has 0 radical (unpaired) electrons. The quantitative estimate of drug-likeness (QED) is 0.187. The molecule has 1 atom stereocenters. The van der Waals surface area contributed by atoms with Gasteiger partial charge in [-0.25, -0.2) is 13.6 Å². The summed E-state index contributed by atoms with van der Waals surface area (Å²) in [6.07, 6.45) is 8.64. The Bertz CT molecular complexity index is 2390. The van der Waals surface area contributed by atoms with Gasteiger partial charge in [0.05, 0.1) is 46.6 Å². The van der Waals surface area contributed by atoms with E-state index in [1.54, 1.807) is 28.3 Å². The van der Waals surface area contributed by atoms with Crippen LogP contribution in [0.2, 0.25) is 0 Å². The van der Waals surface area contributed by atoms with Crippen molar-refractivity contribution in [2.24, 2.45) is 13.0 Å². The van der Waals surface area contributed by atoms with Crippen LogP contribution in [0.5, 0.6) is 5.75 Å². The molecule has 0 spiro atoms. The number of amides is 3. The average Bonchev–Trinajstić information content (AvgIpc) is 3.72. The van der Waals surface area contributed by atoms with E-state index < -0.39 is 29.5 Å². The van der Waals surface area contributed by atoms with Crippen molar-refractivity contribution in [3.8, 4) is 5.75 Å². The first-order chi connectivity index (χ1) is 27.0. The van der Waals surface area contributed by atoms with Gasteiger partial charge in [-0.05, 0) is 88.2 Å². The Labute approximate surface area is 322 Å². The van der Waals surface area contributed by atoms with E-state index in [1.165, 1.54) is 7.11 Å². The number of aryl methyl sites for hydroxylation is 1. The Morgan fingerprint density at radius 3 is 2.48 bits per heavy atom.